The third-order valence-electron chi connectivity index (χ3n) is 11.8. The molecule has 8 unspecified atom stereocenters. The summed E-state index contributed by atoms with van der Waals surface area (Å²) >= 11 is 0. The zero-order chi connectivity index (χ0) is 43.6. The van der Waals surface area contributed by atoms with E-state index in [-0.39, 0.29) is 6.42 Å². The SMILES string of the molecule is CCCCCCCCCCCCCCCCCCCCCC(O)C(COC1OC(CO)C(O)C(OS(=O)(=O)O)C1O)NC(=O)C(O)CCCCCCCCCCCCC. The first-order valence-electron chi connectivity index (χ1n) is 24.0. The van der Waals surface area contributed by atoms with Crippen molar-refractivity contribution in [2.75, 3.05) is 13.2 Å². The largest absolute Gasteiger partial charge is 0.397 e. The number of nitrogens with one attached hydrogen (secondary N) is 1. The van der Waals surface area contributed by atoms with Gasteiger partial charge in [-0.05, 0) is 12.8 Å². The van der Waals surface area contributed by atoms with E-state index in [1.807, 2.05) is 0 Å². The normalized spacial score (nSPS) is 21.4. The Kier molecular flexibility index (Phi) is 34.7. The van der Waals surface area contributed by atoms with Gasteiger partial charge in [-0.2, -0.15) is 8.42 Å². The molecule has 59 heavy (non-hydrogen) atoms. The van der Waals surface area contributed by atoms with Crippen LogP contribution in [0.5, 0.6) is 0 Å². The van der Waals surface area contributed by atoms with Crippen molar-refractivity contribution in [3.63, 3.8) is 0 Å². The Bertz CT molecular complexity index is 1090. The van der Waals surface area contributed by atoms with Gasteiger partial charge >= 0.3 is 10.4 Å². The fourth-order valence-electron chi connectivity index (χ4n) is 7.94. The molecule has 1 saturated heterocycles. The molecule has 13 nitrogen and oxygen atoms in total. The second-order valence-electron chi connectivity index (χ2n) is 17.2. The van der Waals surface area contributed by atoms with Crippen molar-refractivity contribution in [1.29, 1.82) is 0 Å². The summed E-state index contributed by atoms with van der Waals surface area (Å²) in [5.41, 5.74) is 0. The standard InChI is InChI=1S/C45H89NO12S/c1-3-5-7-9-11-13-15-16-17-18-19-20-21-22-24-25-27-29-31-33-38(48)37(36-56-45-42(51)43(58-59(53,54)55)41(50)40(35-47)57-45)46-44(52)39(49)34-32-30-28-26-23-14-12-10-8-6-4-2/h37-43,45,47-51H,3-36H2,1-2H3,(H,46,52)(H,53,54,55). The van der Waals surface area contributed by atoms with E-state index < -0.39 is 78.5 Å². The molecule has 8 atom stereocenters. The van der Waals surface area contributed by atoms with Crippen molar-refractivity contribution in [2.24, 2.45) is 0 Å². The lowest BCUT2D eigenvalue weighted by Gasteiger charge is -2.41. The molecule has 0 aromatic heterocycles. The van der Waals surface area contributed by atoms with Crippen LogP contribution in [0.4, 0.5) is 0 Å². The molecule has 0 saturated carbocycles. The Hall–Kier alpha value is -0.940. The number of aliphatic hydroxyl groups is 5. The van der Waals surface area contributed by atoms with E-state index in [1.54, 1.807) is 0 Å². The van der Waals surface area contributed by atoms with E-state index >= 15 is 0 Å². The first kappa shape index (κ1) is 56.1. The molecule has 0 spiro atoms. The van der Waals surface area contributed by atoms with Gasteiger partial charge in [0, 0.05) is 0 Å². The summed E-state index contributed by atoms with van der Waals surface area (Å²) in [6.07, 6.45) is 25.8. The van der Waals surface area contributed by atoms with Gasteiger partial charge < -0.3 is 40.3 Å². The van der Waals surface area contributed by atoms with E-state index in [2.05, 4.69) is 23.3 Å². The van der Waals surface area contributed by atoms with Crippen LogP contribution in [0.1, 0.15) is 219 Å². The molecule has 0 aromatic carbocycles. The fourth-order valence-corrected chi connectivity index (χ4v) is 8.45. The van der Waals surface area contributed by atoms with E-state index in [0.29, 0.717) is 19.3 Å². The minimum absolute atomic E-state index is 0.265. The third-order valence-corrected chi connectivity index (χ3v) is 12.2. The van der Waals surface area contributed by atoms with Gasteiger partial charge in [-0.15, -0.1) is 0 Å². The van der Waals surface area contributed by atoms with Crippen LogP contribution in [0.15, 0.2) is 0 Å². The maximum atomic E-state index is 13.1. The minimum atomic E-state index is -5.10. The Labute approximate surface area is 359 Å². The lowest BCUT2D eigenvalue weighted by molar-refractivity contribution is -0.298. The van der Waals surface area contributed by atoms with Crippen LogP contribution < -0.4 is 5.32 Å². The van der Waals surface area contributed by atoms with Gasteiger partial charge in [0.1, 0.15) is 30.5 Å². The number of aliphatic hydroxyl groups excluding tert-OH is 5. The predicted molar refractivity (Wildman–Crippen MR) is 233 cm³/mol. The number of rotatable bonds is 41. The average Bonchev–Trinajstić information content (AvgIpc) is 3.20. The molecule has 352 valence electrons. The Morgan fingerprint density at radius 3 is 1.36 bits per heavy atom. The molecule has 0 bridgehead atoms. The molecular weight excluding hydrogens is 779 g/mol. The van der Waals surface area contributed by atoms with E-state index in [4.69, 9.17) is 9.47 Å². The highest BCUT2D eigenvalue weighted by Gasteiger charge is 2.48. The van der Waals surface area contributed by atoms with Crippen LogP contribution in [-0.2, 0) is 28.9 Å². The van der Waals surface area contributed by atoms with Crippen molar-refractivity contribution in [2.45, 2.75) is 268 Å². The molecule has 7 N–H and O–H groups in total. The van der Waals surface area contributed by atoms with Crippen molar-refractivity contribution < 1.29 is 57.0 Å². The molecule has 0 aliphatic carbocycles. The van der Waals surface area contributed by atoms with Gasteiger partial charge in [-0.1, -0.05) is 206 Å². The summed E-state index contributed by atoms with van der Waals surface area (Å²) in [5, 5.41) is 55.3. The van der Waals surface area contributed by atoms with Crippen LogP contribution in [0.25, 0.3) is 0 Å². The van der Waals surface area contributed by atoms with Gasteiger partial charge in [-0.3, -0.25) is 9.35 Å². The molecule has 0 radical (unpaired) electrons. The number of hydrogen-bond acceptors (Lipinski definition) is 11. The first-order chi connectivity index (χ1) is 28.4. The smallest absolute Gasteiger partial charge is 0.394 e. The van der Waals surface area contributed by atoms with Gasteiger partial charge in [0.05, 0.1) is 25.4 Å². The van der Waals surface area contributed by atoms with Gasteiger partial charge in [0.25, 0.3) is 0 Å². The monoisotopic (exact) mass is 868 g/mol. The molecule has 0 aromatic rings. The molecule has 1 rings (SSSR count). The highest BCUT2D eigenvalue weighted by Crippen LogP contribution is 2.26. The van der Waals surface area contributed by atoms with Gasteiger partial charge in [0.15, 0.2) is 6.29 Å². The van der Waals surface area contributed by atoms with E-state index in [9.17, 15) is 43.3 Å². The maximum absolute atomic E-state index is 13.1. The molecule has 1 amide bonds. The van der Waals surface area contributed by atoms with Gasteiger partial charge in [0.2, 0.25) is 5.91 Å². The number of unbranched alkanes of at least 4 members (excludes halogenated alkanes) is 28. The molecule has 1 fully saturated rings. The highest BCUT2D eigenvalue weighted by molar-refractivity contribution is 7.80. The summed E-state index contributed by atoms with van der Waals surface area (Å²) < 4.78 is 47.6. The number of ether oxygens (including phenoxy) is 2. The second-order valence-corrected chi connectivity index (χ2v) is 18.3. The first-order valence-corrected chi connectivity index (χ1v) is 25.4. The quantitative estimate of drug-likeness (QED) is 0.0228. The summed E-state index contributed by atoms with van der Waals surface area (Å²) in [7, 11) is -5.10. The Morgan fingerprint density at radius 2 is 0.983 bits per heavy atom. The minimum Gasteiger partial charge on any atom is -0.394 e. The summed E-state index contributed by atoms with van der Waals surface area (Å²) in [6.45, 7) is 3.28. The zero-order valence-electron chi connectivity index (χ0n) is 37.2. The van der Waals surface area contributed by atoms with Crippen LogP contribution in [0.3, 0.4) is 0 Å². The second kappa shape index (κ2) is 36.5. The van der Waals surface area contributed by atoms with Crippen LogP contribution in [0.2, 0.25) is 0 Å². The molecule has 1 aliphatic heterocycles. The van der Waals surface area contributed by atoms with E-state index in [0.717, 1.165) is 38.5 Å². The Balaban J connectivity index is 2.51. The predicted octanol–water partition coefficient (Wildman–Crippen LogP) is 8.36. The number of carbonyl (C=O) groups is 1. The fraction of sp³-hybridized carbons (Fsp3) is 0.978. The molecule has 1 aliphatic rings. The molecular formula is C45H89NO12S. The average molecular weight is 868 g/mol. The number of amides is 1. The molecule has 14 heteroatoms. The topological polar surface area (TPSA) is 212 Å². The summed E-state index contributed by atoms with van der Waals surface area (Å²) in [5.74, 6) is -0.667. The van der Waals surface area contributed by atoms with Crippen molar-refractivity contribution in [3.05, 3.63) is 0 Å². The van der Waals surface area contributed by atoms with Crippen molar-refractivity contribution in [1.82, 2.24) is 5.32 Å². The van der Waals surface area contributed by atoms with Crippen LogP contribution in [0, 0.1) is 0 Å². The van der Waals surface area contributed by atoms with Crippen LogP contribution >= 0.6 is 0 Å². The van der Waals surface area contributed by atoms with Crippen molar-refractivity contribution >= 4 is 16.3 Å². The number of carbonyl (C=O) groups excluding carboxylic acids is 1. The summed E-state index contributed by atoms with van der Waals surface area (Å²) in [4.78, 5) is 13.1. The highest BCUT2D eigenvalue weighted by atomic mass is 32.3. The Morgan fingerprint density at radius 1 is 0.610 bits per heavy atom. The zero-order valence-corrected chi connectivity index (χ0v) is 38.0. The van der Waals surface area contributed by atoms with E-state index in [1.165, 1.54) is 141 Å². The molecule has 1 heterocycles. The van der Waals surface area contributed by atoms with Gasteiger partial charge in [-0.25, -0.2) is 4.18 Å². The lowest BCUT2D eigenvalue weighted by atomic mass is 9.99. The van der Waals surface area contributed by atoms with Crippen LogP contribution in [-0.4, -0.2) is 107 Å². The lowest BCUT2D eigenvalue weighted by Crippen LogP contribution is -2.61. The number of hydrogen-bond donors (Lipinski definition) is 7. The maximum Gasteiger partial charge on any atom is 0.397 e. The van der Waals surface area contributed by atoms with Crippen molar-refractivity contribution in [3.8, 4) is 0 Å². The third kappa shape index (κ3) is 29.1. The summed E-state index contributed by atoms with van der Waals surface area (Å²) in [6, 6.07) is -1.03.